The van der Waals surface area contributed by atoms with Crippen LogP contribution in [0.3, 0.4) is 0 Å². The van der Waals surface area contributed by atoms with Crippen LogP contribution in [0.25, 0.3) is 6.08 Å². The highest BCUT2D eigenvalue weighted by atomic mass is 127. The zero-order chi connectivity index (χ0) is 13.1. The van der Waals surface area contributed by atoms with E-state index in [2.05, 4.69) is 27.9 Å². The molecule has 1 heterocycles. The molecule has 0 atom stereocenters. The van der Waals surface area contributed by atoms with Gasteiger partial charge in [0, 0.05) is 0 Å². The Morgan fingerprint density at radius 3 is 2.78 bits per heavy atom. The number of hydrogen-bond acceptors (Lipinski definition) is 4. The molecule has 6 heteroatoms. The number of ether oxygens (including phenoxy) is 1. The van der Waals surface area contributed by atoms with Crippen LogP contribution >= 0.6 is 34.4 Å². The van der Waals surface area contributed by atoms with Gasteiger partial charge in [0.2, 0.25) is 0 Å². The average Bonchev–Trinajstić information content (AvgIpc) is 2.61. The zero-order valence-corrected chi connectivity index (χ0v) is 12.5. The summed E-state index contributed by atoms with van der Waals surface area (Å²) in [5.41, 5.74) is 0.871. The van der Waals surface area contributed by atoms with Crippen molar-refractivity contribution in [2.45, 2.75) is 6.92 Å². The van der Waals surface area contributed by atoms with E-state index in [1.54, 1.807) is 6.08 Å². The minimum absolute atomic E-state index is 0.327. The Bertz CT molecular complexity index is 542. The van der Waals surface area contributed by atoms with Gasteiger partial charge in [-0.1, -0.05) is 6.07 Å². The van der Waals surface area contributed by atoms with Crippen molar-refractivity contribution in [2.75, 3.05) is 6.61 Å². The van der Waals surface area contributed by atoms with E-state index in [9.17, 15) is 9.59 Å². The summed E-state index contributed by atoms with van der Waals surface area (Å²) in [7, 11) is 0. The molecule has 94 valence electrons. The predicted octanol–water partition coefficient (Wildman–Crippen LogP) is 3.01. The summed E-state index contributed by atoms with van der Waals surface area (Å²) >= 11 is 3.09. The fraction of sp³-hybridized carbons (Fsp3) is 0.167. The molecule has 0 unspecified atom stereocenters. The normalized spacial score (nSPS) is 17.1. The first-order chi connectivity index (χ1) is 8.60. The molecule has 2 rings (SSSR count). The molecule has 0 bridgehead atoms. The number of nitrogens with one attached hydrogen (secondary N) is 1. The highest BCUT2D eigenvalue weighted by Gasteiger charge is 2.24. The topological polar surface area (TPSA) is 55.4 Å². The molecular weight excluding hydrogens is 365 g/mol. The van der Waals surface area contributed by atoms with Gasteiger partial charge < -0.3 is 4.74 Å². The number of carbonyl (C=O) groups is 2. The smallest absolute Gasteiger partial charge is 0.290 e. The van der Waals surface area contributed by atoms with E-state index < -0.39 is 0 Å². The first-order valence-electron chi connectivity index (χ1n) is 5.27. The highest BCUT2D eigenvalue weighted by Crippen LogP contribution is 2.28. The number of hydrogen-bond donors (Lipinski definition) is 1. The third-order valence-electron chi connectivity index (χ3n) is 2.20. The SMILES string of the molecule is CCOc1ccc(/C=C2/SC(=O)NC2=O)cc1I. The summed E-state index contributed by atoms with van der Waals surface area (Å²) in [6, 6.07) is 5.63. The van der Waals surface area contributed by atoms with Crippen LogP contribution < -0.4 is 10.1 Å². The lowest BCUT2D eigenvalue weighted by Crippen LogP contribution is -2.17. The summed E-state index contributed by atoms with van der Waals surface area (Å²) in [6.07, 6.45) is 1.70. The summed E-state index contributed by atoms with van der Waals surface area (Å²) in [5.74, 6) is 0.480. The number of imide groups is 1. The van der Waals surface area contributed by atoms with Crippen molar-refractivity contribution >= 4 is 51.6 Å². The number of benzene rings is 1. The maximum absolute atomic E-state index is 11.4. The lowest BCUT2D eigenvalue weighted by molar-refractivity contribution is -0.115. The van der Waals surface area contributed by atoms with Gasteiger partial charge in [0.05, 0.1) is 15.1 Å². The van der Waals surface area contributed by atoms with Crippen molar-refractivity contribution in [3.63, 3.8) is 0 Å². The van der Waals surface area contributed by atoms with Gasteiger partial charge in [0.15, 0.2) is 0 Å². The van der Waals surface area contributed by atoms with Gasteiger partial charge in [-0.25, -0.2) is 0 Å². The fourth-order valence-corrected chi connectivity index (χ4v) is 2.83. The summed E-state index contributed by atoms with van der Waals surface area (Å²) in [6.45, 7) is 2.54. The first-order valence-corrected chi connectivity index (χ1v) is 7.17. The largest absolute Gasteiger partial charge is 0.493 e. The quantitative estimate of drug-likeness (QED) is 0.652. The number of thioether (sulfide) groups is 1. The van der Waals surface area contributed by atoms with Crippen LogP contribution in [-0.2, 0) is 4.79 Å². The molecule has 1 fully saturated rings. The van der Waals surface area contributed by atoms with Gasteiger partial charge in [-0.3, -0.25) is 14.9 Å². The number of carbonyl (C=O) groups excluding carboxylic acids is 2. The number of halogens is 1. The van der Waals surface area contributed by atoms with Crippen molar-refractivity contribution in [3.05, 3.63) is 32.2 Å². The molecule has 1 aromatic rings. The summed E-state index contributed by atoms with van der Waals surface area (Å²) < 4.78 is 6.40. The Labute approximate surface area is 122 Å². The molecule has 0 radical (unpaired) electrons. The Morgan fingerprint density at radius 1 is 1.44 bits per heavy atom. The van der Waals surface area contributed by atoms with Crippen LogP contribution in [0.2, 0.25) is 0 Å². The number of rotatable bonds is 3. The number of amides is 2. The standard InChI is InChI=1S/C12H10INO3S/c1-2-17-9-4-3-7(5-8(9)13)6-10-11(15)14-12(16)18-10/h3-6H,2H2,1H3,(H,14,15,16)/b10-6+. The molecular formula is C12H10INO3S. The van der Waals surface area contributed by atoms with Gasteiger partial charge in [-0.05, 0) is 65.0 Å². The maximum atomic E-state index is 11.4. The lowest BCUT2D eigenvalue weighted by atomic mass is 10.2. The predicted molar refractivity (Wildman–Crippen MR) is 79.4 cm³/mol. The van der Waals surface area contributed by atoms with E-state index in [-0.39, 0.29) is 11.1 Å². The van der Waals surface area contributed by atoms with Crippen molar-refractivity contribution in [2.24, 2.45) is 0 Å². The van der Waals surface area contributed by atoms with E-state index in [1.807, 2.05) is 25.1 Å². The molecule has 0 saturated carbocycles. The van der Waals surface area contributed by atoms with Crippen LogP contribution in [0.15, 0.2) is 23.1 Å². The molecule has 1 aliphatic heterocycles. The molecule has 1 aliphatic rings. The van der Waals surface area contributed by atoms with Gasteiger partial charge in [-0.2, -0.15) is 0 Å². The van der Waals surface area contributed by atoms with Crippen LogP contribution in [0.4, 0.5) is 4.79 Å². The molecule has 4 nitrogen and oxygen atoms in total. The fourth-order valence-electron chi connectivity index (χ4n) is 1.45. The monoisotopic (exact) mass is 375 g/mol. The molecule has 1 saturated heterocycles. The van der Waals surface area contributed by atoms with Gasteiger partial charge in [0.25, 0.3) is 11.1 Å². The second-order valence-electron chi connectivity index (χ2n) is 3.48. The second kappa shape index (κ2) is 5.75. The third-order valence-corrected chi connectivity index (χ3v) is 3.85. The van der Waals surface area contributed by atoms with E-state index in [1.165, 1.54) is 0 Å². The van der Waals surface area contributed by atoms with E-state index in [0.29, 0.717) is 11.5 Å². The molecule has 0 aromatic heterocycles. The third kappa shape index (κ3) is 3.05. The molecule has 18 heavy (non-hydrogen) atoms. The minimum Gasteiger partial charge on any atom is -0.493 e. The van der Waals surface area contributed by atoms with E-state index in [4.69, 9.17) is 4.74 Å². The molecule has 2 amide bonds. The summed E-state index contributed by atoms with van der Waals surface area (Å²) in [5, 5.41) is 1.90. The van der Waals surface area contributed by atoms with Crippen molar-refractivity contribution in [3.8, 4) is 5.75 Å². The average molecular weight is 375 g/mol. The zero-order valence-electron chi connectivity index (χ0n) is 9.53. The van der Waals surface area contributed by atoms with Crippen LogP contribution in [-0.4, -0.2) is 17.8 Å². The van der Waals surface area contributed by atoms with Gasteiger partial charge in [-0.15, -0.1) is 0 Å². The molecule has 0 spiro atoms. The van der Waals surface area contributed by atoms with E-state index >= 15 is 0 Å². The van der Waals surface area contributed by atoms with Crippen LogP contribution in [0.1, 0.15) is 12.5 Å². The molecule has 1 aromatic carbocycles. The summed E-state index contributed by atoms with van der Waals surface area (Å²) in [4.78, 5) is 22.8. The van der Waals surface area contributed by atoms with Gasteiger partial charge >= 0.3 is 0 Å². The van der Waals surface area contributed by atoms with Gasteiger partial charge in [0.1, 0.15) is 5.75 Å². The van der Waals surface area contributed by atoms with Crippen molar-refractivity contribution < 1.29 is 14.3 Å². The minimum atomic E-state index is -0.339. The maximum Gasteiger partial charge on any atom is 0.290 e. The Hall–Kier alpha value is -1.02. The van der Waals surface area contributed by atoms with Crippen molar-refractivity contribution in [1.29, 1.82) is 0 Å². The van der Waals surface area contributed by atoms with E-state index in [0.717, 1.165) is 26.6 Å². The first kappa shape index (κ1) is 13.4. The Morgan fingerprint density at radius 2 is 2.22 bits per heavy atom. The van der Waals surface area contributed by atoms with Crippen LogP contribution in [0.5, 0.6) is 5.75 Å². The Balaban J connectivity index is 2.25. The van der Waals surface area contributed by atoms with Crippen molar-refractivity contribution in [1.82, 2.24) is 5.32 Å². The Kier molecular flexibility index (Phi) is 4.28. The molecule has 1 N–H and O–H groups in total. The highest BCUT2D eigenvalue weighted by molar-refractivity contribution is 14.1. The lowest BCUT2D eigenvalue weighted by Gasteiger charge is -2.06. The molecule has 0 aliphatic carbocycles. The second-order valence-corrected chi connectivity index (χ2v) is 5.65. The van der Waals surface area contributed by atoms with Crippen LogP contribution in [0, 0.1) is 3.57 Å².